The molecule has 5 rings (SSSR count). The summed E-state index contributed by atoms with van der Waals surface area (Å²) in [6.45, 7) is 7.13. The van der Waals surface area contributed by atoms with Crippen LogP contribution in [0.15, 0.2) is 59.6 Å². The second kappa shape index (κ2) is 6.55. The first-order chi connectivity index (χ1) is 12.5. The molecule has 3 aliphatic carbocycles. The minimum absolute atomic E-state index is 0.269. The summed E-state index contributed by atoms with van der Waals surface area (Å²) < 4.78 is 0. The molecule has 0 unspecified atom stereocenters. The van der Waals surface area contributed by atoms with Gasteiger partial charge in [0.25, 0.3) is 0 Å². The highest BCUT2D eigenvalue weighted by atomic mass is 16.5. The Kier molecular flexibility index (Phi) is 4.36. The monoisotopic (exact) mass is 348 g/mol. The first kappa shape index (κ1) is 17.3. The van der Waals surface area contributed by atoms with Crippen LogP contribution in [0.3, 0.4) is 0 Å². The maximum atomic E-state index is 9.87. The summed E-state index contributed by atoms with van der Waals surface area (Å²) >= 11 is 0. The molecule has 0 saturated heterocycles. The molecule has 0 radical (unpaired) electrons. The second-order valence-electron chi connectivity index (χ2n) is 8.52. The van der Waals surface area contributed by atoms with Crippen LogP contribution in [-0.4, -0.2) is 17.1 Å². The molecule has 3 heteroatoms. The van der Waals surface area contributed by atoms with Crippen molar-refractivity contribution in [1.82, 2.24) is 5.48 Å². The lowest BCUT2D eigenvalue weighted by Crippen LogP contribution is -2.56. The molecule has 0 heterocycles. The van der Waals surface area contributed by atoms with Gasteiger partial charge >= 0.3 is 0 Å². The first-order valence-corrected chi connectivity index (χ1v) is 9.65. The van der Waals surface area contributed by atoms with Crippen LogP contribution in [0, 0.1) is 23.2 Å². The second-order valence-corrected chi connectivity index (χ2v) is 8.52. The van der Waals surface area contributed by atoms with Gasteiger partial charge in [0.05, 0.1) is 6.04 Å². The highest BCUT2D eigenvalue weighted by Crippen LogP contribution is 2.61. The number of nitrogens with one attached hydrogen (secondary N) is 1. The summed E-state index contributed by atoms with van der Waals surface area (Å²) in [7, 11) is 0. The van der Waals surface area contributed by atoms with Gasteiger partial charge in [0.1, 0.15) is 0 Å². The molecule has 2 aromatic carbocycles. The molecule has 26 heavy (non-hydrogen) atoms. The van der Waals surface area contributed by atoms with Crippen molar-refractivity contribution in [3.8, 4) is 11.1 Å². The Hall–Kier alpha value is -2.13. The molecule has 3 aliphatic rings. The summed E-state index contributed by atoms with van der Waals surface area (Å²) in [5, 5.41) is 9.87. The van der Waals surface area contributed by atoms with E-state index >= 15 is 0 Å². The number of hydrogen-bond donors (Lipinski definition) is 2. The predicted molar refractivity (Wildman–Crippen MR) is 106 cm³/mol. The van der Waals surface area contributed by atoms with E-state index in [1.54, 1.807) is 0 Å². The molecular weight excluding hydrogens is 320 g/mol. The van der Waals surface area contributed by atoms with Gasteiger partial charge in [0.2, 0.25) is 0 Å². The van der Waals surface area contributed by atoms with Crippen LogP contribution >= 0.6 is 0 Å². The lowest BCUT2D eigenvalue weighted by molar-refractivity contribution is -0.108. The van der Waals surface area contributed by atoms with E-state index in [1.807, 2.05) is 36.4 Å². The van der Waals surface area contributed by atoms with Crippen LogP contribution in [0.5, 0.6) is 0 Å². The van der Waals surface area contributed by atoms with Crippen LogP contribution in [0.2, 0.25) is 0 Å². The fourth-order valence-electron chi connectivity index (χ4n) is 5.18. The van der Waals surface area contributed by atoms with Crippen molar-refractivity contribution in [2.24, 2.45) is 28.2 Å². The minimum Gasteiger partial charge on any atom is -0.290 e. The molecule has 0 spiro atoms. The summed E-state index contributed by atoms with van der Waals surface area (Å²) in [5.41, 5.74) is 6.01. The van der Waals surface area contributed by atoms with Crippen LogP contribution in [0.4, 0.5) is 0 Å². The number of amidine groups is 1. The molecule has 2 N–H and O–H groups in total. The minimum atomic E-state index is 0.269. The maximum Gasteiger partial charge on any atom is 0.153 e. The molecule has 2 aromatic rings. The van der Waals surface area contributed by atoms with Gasteiger partial charge in [-0.3, -0.25) is 15.7 Å². The number of nitrogens with zero attached hydrogens (tertiary/aromatic N) is 1. The lowest BCUT2D eigenvalue weighted by Gasteiger charge is -2.61. The highest BCUT2D eigenvalue weighted by Gasteiger charge is 2.56. The Morgan fingerprint density at radius 1 is 1.04 bits per heavy atom. The fourth-order valence-corrected chi connectivity index (χ4v) is 5.18. The van der Waals surface area contributed by atoms with Crippen LogP contribution in [0.25, 0.3) is 11.1 Å². The highest BCUT2D eigenvalue weighted by molar-refractivity contribution is 6.04. The number of hydrogen-bond acceptors (Lipinski definition) is 2. The number of hydroxylamine groups is 1. The summed E-state index contributed by atoms with van der Waals surface area (Å²) in [5.74, 6) is 2.61. The van der Waals surface area contributed by atoms with Crippen molar-refractivity contribution in [2.75, 3.05) is 0 Å². The van der Waals surface area contributed by atoms with Gasteiger partial charge in [-0.2, -0.15) is 0 Å². The third-order valence-electron chi connectivity index (χ3n) is 6.98. The fraction of sp³-hybridized carbons (Fsp3) is 0.435. The first-order valence-electron chi connectivity index (χ1n) is 9.65. The molecule has 3 nitrogen and oxygen atoms in total. The SMILES string of the molecule is C[C@@H]1[C@@H](N=C(NO)c2ccccc2-c2ccccc2)C[C@H]2C[C@@H]1C2(C)C. The van der Waals surface area contributed by atoms with E-state index in [9.17, 15) is 5.21 Å². The molecule has 0 aromatic heterocycles. The van der Waals surface area contributed by atoms with E-state index < -0.39 is 0 Å². The van der Waals surface area contributed by atoms with Gasteiger partial charge in [-0.25, -0.2) is 0 Å². The molecule has 136 valence electrons. The van der Waals surface area contributed by atoms with Gasteiger partial charge in [-0.15, -0.1) is 0 Å². The van der Waals surface area contributed by atoms with Crippen LogP contribution in [-0.2, 0) is 0 Å². The standard InChI is InChI=1S/C23H28N2O/c1-15-20-13-17(23(20,2)3)14-21(15)24-22(25-26)19-12-8-7-11-18(19)16-9-5-4-6-10-16/h4-12,15,17,20-21,26H,13-14H2,1-3H3,(H,24,25)/t15-,17+,20-,21-/m0/s1. The Labute approximate surface area is 156 Å². The molecule has 4 atom stereocenters. The third-order valence-corrected chi connectivity index (χ3v) is 6.98. The zero-order valence-electron chi connectivity index (χ0n) is 15.8. The molecule has 0 aliphatic heterocycles. The zero-order valence-corrected chi connectivity index (χ0v) is 15.8. The Bertz CT molecular complexity index is 812. The van der Waals surface area contributed by atoms with Crippen molar-refractivity contribution in [1.29, 1.82) is 0 Å². The normalized spacial score (nSPS) is 29.8. The van der Waals surface area contributed by atoms with Crippen LogP contribution < -0.4 is 5.48 Å². The quantitative estimate of drug-likeness (QED) is 0.458. The van der Waals surface area contributed by atoms with E-state index in [0.29, 0.717) is 17.2 Å². The third kappa shape index (κ3) is 2.75. The number of fused-ring (bicyclic) bond motifs is 2. The summed E-state index contributed by atoms with van der Waals surface area (Å²) in [4.78, 5) is 4.99. The van der Waals surface area contributed by atoms with Gasteiger partial charge in [-0.1, -0.05) is 75.4 Å². The Morgan fingerprint density at radius 3 is 2.38 bits per heavy atom. The van der Waals surface area contributed by atoms with E-state index in [-0.39, 0.29) is 6.04 Å². The molecule has 0 amide bonds. The summed E-state index contributed by atoms with van der Waals surface area (Å²) in [6, 6.07) is 18.7. The molecule has 2 bridgehead atoms. The van der Waals surface area contributed by atoms with Gasteiger partial charge in [0, 0.05) is 5.56 Å². The smallest absolute Gasteiger partial charge is 0.153 e. The average molecular weight is 348 g/mol. The Morgan fingerprint density at radius 2 is 1.73 bits per heavy atom. The number of benzene rings is 2. The van der Waals surface area contributed by atoms with Crippen molar-refractivity contribution < 1.29 is 5.21 Å². The van der Waals surface area contributed by atoms with Gasteiger partial charge < -0.3 is 0 Å². The van der Waals surface area contributed by atoms with Gasteiger partial charge in [0.15, 0.2) is 5.84 Å². The number of aliphatic imine (C=N–C) groups is 1. The average Bonchev–Trinajstić information content (AvgIpc) is 2.67. The molecular formula is C23H28N2O. The summed E-state index contributed by atoms with van der Waals surface area (Å²) in [6.07, 6.45) is 2.45. The largest absolute Gasteiger partial charge is 0.290 e. The zero-order chi connectivity index (χ0) is 18.3. The van der Waals surface area contributed by atoms with E-state index in [1.165, 1.54) is 6.42 Å². The Balaban J connectivity index is 1.68. The number of rotatable bonds is 3. The van der Waals surface area contributed by atoms with Crippen molar-refractivity contribution in [3.63, 3.8) is 0 Å². The van der Waals surface area contributed by atoms with E-state index in [2.05, 4.69) is 44.5 Å². The van der Waals surface area contributed by atoms with Crippen molar-refractivity contribution in [2.45, 2.75) is 39.7 Å². The van der Waals surface area contributed by atoms with E-state index in [0.717, 1.165) is 34.9 Å². The lowest BCUT2D eigenvalue weighted by atomic mass is 9.45. The molecule has 3 fully saturated rings. The van der Waals surface area contributed by atoms with Gasteiger partial charge in [-0.05, 0) is 47.1 Å². The topological polar surface area (TPSA) is 44.6 Å². The maximum absolute atomic E-state index is 9.87. The van der Waals surface area contributed by atoms with E-state index in [4.69, 9.17) is 4.99 Å². The molecule has 3 saturated carbocycles. The van der Waals surface area contributed by atoms with Crippen molar-refractivity contribution in [3.05, 3.63) is 60.2 Å². The predicted octanol–water partition coefficient (Wildman–Crippen LogP) is 5.15. The van der Waals surface area contributed by atoms with Crippen LogP contribution in [0.1, 0.15) is 39.2 Å². The van der Waals surface area contributed by atoms with Crippen molar-refractivity contribution >= 4 is 5.84 Å².